The molecule has 0 saturated carbocycles. The molecule has 1 aromatic carbocycles. The van der Waals surface area contributed by atoms with Gasteiger partial charge in [-0.1, -0.05) is 26.0 Å². The SMILES string of the molecule is CC1CC(C)CN(C(=O)CCc2nc3ccccc3[nH]2)C1. The highest BCUT2D eigenvalue weighted by atomic mass is 16.2. The van der Waals surface area contributed by atoms with Crippen molar-refractivity contribution in [3.05, 3.63) is 30.1 Å². The average Bonchev–Trinajstić information content (AvgIpc) is 2.86. The molecule has 2 aromatic rings. The zero-order valence-electron chi connectivity index (χ0n) is 12.8. The maximum absolute atomic E-state index is 12.4. The number of aromatic amines is 1. The molecule has 2 atom stereocenters. The molecule has 112 valence electrons. The smallest absolute Gasteiger partial charge is 0.223 e. The van der Waals surface area contributed by atoms with E-state index in [-0.39, 0.29) is 5.91 Å². The number of H-pyrrole nitrogens is 1. The van der Waals surface area contributed by atoms with Crippen molar-refractivity contribution in [2.75, 3.05) is 13.1 Å². The van der Waals surface area contributed by atoms with E-state index < -0.39 is 0 Å². The number of piperidine rings is 1. The van der Waals surface area contributed by atoms with Crippen LogP contribution in [0.25, 0.3) is 11.0 Å². The number of carbonyl (C=O) groups excluding carboxylic acids is 1. The summed E-state index contributed by atoms with van der Waals surface area (Å²) in [7, 11) is 0. The Hall–Kier alpha value is -1.84. The molecular weight excluding hydrogens is 262 g/mol. The van der Waals surface area contributed by atoms with Gasteiger partial charge < -0.3 is 9.88 Å². The number of hydrogen-bond donors (Lipinski definition) is 1. The predicted molar refractivity (Wildman–Crippen MR) is 83.9 cm³/mol. The van der Waals surface area contributed by atoms with Crippen LogP contribution in [-0.4, -0.2) is 33.9 Å². The van der Waals surface area contributed by atoms with Crippen LogP contribution in [0.15, 0.2) is 24.3 Å². The van der Waals surface area contributed by atoms with Crippen molar-refractivity contribution in [2.45, 2.75) is 33.1 Å². The Kier molecular flexibility index (Phi) is 3.95. The minimum atomic E-state index is 0.258. The summed E-state index contributed by atoms with van der Waals surface area (Å²) in [6, 6.07) is 7.98. The van der Waals surface area contributed by atoms with Gasteiger partial charge in [0, 0.05) is 25.9 Å². The number of fused-ring (bicyclic) bond motifs is 1. The number of nitrogens with zero attached hydrogens (tertiary/aromatic N) is 2. The molecule has 1 amide bonds. The Morgan fingerprint density at radius 3 is 2.71 bits per heavy atom. The van der Waals surface area contributed by atoms with Crippen molar-refractivity contribution in [2.24, 2.45) is 11.8 Å². The van der Waals surface area contributed by atoms with Crippen LogP contribution in [0.2, 0.25) is 0 Å². The Balaban J connectivity index is 1.60. The summed E-state index contributed by atoms with van der Waals surface area (Å²) in [5.74, 6) is 2.39. The van der Waals surface area contributed by atoms with Crippen molar-refractivity contribution in [3.8, 4) is 0 Å². The van der Waals surface area contributed by atoms with Crippen LogP contribution in [-0.2, 0) is 11.2 Å². The second kappa shape index (κ2) is 5.88. The van der Waals surface area contributed by atoms with Gasteiger partial charge in [-0.05, 0) is 30.4 Å². The number of amides is 1. The predicted octanol–water partition coefficient (Wildman–Crippen LogP) is 3.00. The number of aryl methyl sites for hydroxylation is 1. The van der Waals surface area contributed by atoms with Crippen LogP contribution in [0.5, 0.6) is 0 Å². The van der Waals surface area contributed by atoms with Crippen LogP contribution in [0, 0.1) is 11.8 Å². The molecule has 1 N–H and O–H groups in total. The van der Waals surface area contributed by atoms with E-state index in [4.69, 9.17) is 0 Å². The highest BCUT2D eigenvalue weighted by Gasteiger charge is 2.25. The molecule has 0 bridgehead atoms. The number of hydrogen-bond acceptors (Lipinski definition) is 2. The molecule has 1 aliphatic rings. The van der Waals surface area contributed by atoms with Crippen molar-refractivity contribution in [3.63, 3.8) is 0 Å². The molecule has 1 aromatic heterocycles. The molecule has 0 spiro atoms. The van der Waals surface area contributed by atoms with Crippen LogP contribution < -0.4 is 0 Å². The fraction of sp³-hybridized carbons (Fsp3) is 0.529. The normalized spacial score (nSPS) is 22.7. The Labute approximate surface area is 125 Å². The molecule has 4 nitrogen and oxygen atoms in total. The average molecular weight is 285 g/mol. The maximum Gasteiger partial charge on any atom is 0.223 e. The Morgan fingerprint density at radius 2 is 2.00 bits per heavy atom. The summed E-state index contributed by atoms with van der Waals surface area (Å²) in [4.78, 5) is 22.2. The van der Waals surface area contributed by atoms with Gasteiger partial charge >= 0.3 is 0 Å². The fourth-order valence-corrected chi connectivity index (χ4v) is 3.37. The monoisotopic (exact) mass is 285 g/mol. The first kappa shape index (κ1) is 14.1. The summed E-state index contributed by atoms with van der Waals surface area (Å²) >= 11 is 0. The van der Waals surface area contributed by atoms with Gasteiger partial charge in [-0.3, -0.25) is 4.79 Å². The van der Waals surface area contributed by atoms with Gasteiger partial charge in [-0.25, -0.2) is 4.98 Å². The molecule has 1 aliphatic heterocycles. The zero-order valence-corrected chi connectivity index (χ0v) is 12.8. The van der Waals surface area contributed by atoms with E-state index in [0.29, 0.717) is 24.7 Å². The molecule has 3 rings (SSSR count). The molecule has 1 fully saturated rings. The van der Waals surface area contributed by atoms with Crippen LogP contribution in [0.4, 0.5) is 0 Å². The second-order valence-electron chi connectivity index (χ2n) is 6.45. The van der Waals surface area contributed by atoms with E-state index in [2.05, 4.69) is 23.8 Å². The number of carbonyl (C=O) groups is 1. The maximum atomic E-state index is 12.4. The lowest BCUT2D eigenvalue weighted by Gasteiger charge is -2.35. The number of nitrogens with one attached hydrogen (secondary N) is 1. The standard InChI is InChI=1S/C17H23N3O/c1-12-9-13(2)11-20(10-12)17(21)8-7-16-18-14-5-3-4-6-15(14)19-16/h3-6,12-13H,7-11H2,1-2H3,(H,18,19). The van der Waals surface area contributed by atoms with E-state index in [9.17, 15) is 4.79 Å². The molecule has 2 unspecified atom stereocenters. The summed E-state index contributed by atoms with van der Waals surface area (Å²) in [5, 5.41) is 0. The van der Waals surface area contributed by atoms with E-state index in [1.54, 1.807) is 0 Å². The third-order valence-electron chi connectivity index (χ3n) is 4.24. The van der Waals surface area contributed by atoms with E-state index in [0.717, 1.165) is 29.9 Å². The zero-order chi connectivity index (χ0) is 14.8. The van der Waals surface area contributed by atoms with E-state index in [1.807, 2.05) is 29.2 Å². The molecular formula is C17H23N3O. The minimum absolute atomic E-state index is 0.258. The van der Waals surface area contributed by atoms with Crippen molar-refractivity contribution < 1.29 is 4.79 Å². The van der Waals surface area contributed by atoms with Gasteiger partial charge in [0.25, 0.3) is 0 Å². The summed E-state index contributed by atoms with van der Waals surface area (Å²) in [5.41, 5.74) is 2.01. The van der Waals surface area contributed by atoms with Gasteiger partial charge in [0.05, 0.1) is 11.0 Å². The number of para-hydroxylation sites is 2. The van der Waals surface area contributed by atoms with Gasteiger partial charge in [-0.15, -0.1) is 0 Å². The lowest BCUT2D eigenvalue weighted by Crippen LogP contribution is -2.42. The Bertz CT molecular complexity index is 591. The number of benzene rings is 1. The van der Waals surface area contributed by atoms with Crippen molar-refractivity contribution >= 4 is 16.9 Å². The molecule has 0 aliphatic carbocycles. The third-order valence-corrected chi connectivity index (χ3v) is 4.24. The first-order valence-electron chi connectivity index (χ1n) is 7.83. The summed E-state index contributed by atoms with van der Waals surface area (Å²) < 4.78 is 0. The van der Waals surface area contributed by atoms with Crippen LogP contribution in [0.1, 0.15) is 32.5 Å². The van der Waals surface area contributed by atoms with Crippen LogP contribution in [0.3, 0.4) is 0 Å². The van der Waals surface area contributed by atoms with Crippen LogP contribution >= 0.6 is 0 Å². The fourth-order valence-electron chi connectivity index (χ4n) is 3.37. The quantitative estimate of drug-likeness (QED) is 0.942. The topological polar surface area (TPSA) is 49.0 Å². The lowest BCUT2D eigenvalue weighted by molar-refractivity contribution is -0.133. The largest absolute Gasteiger partial charge is 0.342 e. The van der Waals surface area contributed by atoms with Gasteiger partial charge in [0.2, 0.25) is 5.91 Å². The number of likely N-dealkylation sites (tertiary alicyclic amines) is 1. The van der Waals surface area contributed by atoms with Gasteiger partial charge in [0.1, 0.15) is 5.82 Å². The van der Waals surface area contributed by atoms with E-state index >= 15 is 0 Å². The highest BCUT2D eigenvalue weighted by Crippen LogP contribution is 2.21. The number of rotatable bonds is 3. The molecule has 1 saturated heterocycles. The second-order valence-corrected chi connectivity index (χ2v) is 6.45. The molecule has 0 radical (unpaired) electrons. The summed E-state index contributed by atoms with van der Waals surface area (Å²) in [6.07, 6.45) is 2.46. The minimum Gasteiger partial charge on any atom is -0.342 e. The van der Waals surface area contributed by atoms with Crippen molar-refractivity contribution in [1.29, 1.82) is 0 Å². The molecule has 2 heterocycles. The summed E-state index contributed by atoms with van der Waals surface area (Å²) in [6.45, 7) is 6.27. The Morgan fingerprint density at radius 1 is 1.29 bits per heavy atom. The third kappa shape index (κ3) is 3.26. The lowest BCUT2D eigenvalue weighted by atomic mass is 9.91. The van der Waals surface area contributed by atoms with Gasteiger partial charge in [-0.2, -0.15) is 0 Å². The first-order valence-corrected chi connectivity index (χ1v) is 7.83. The number of imidazole rings is 1. The van der Waals surface area contributed by atoms with Crippen molar-refractivity contribution in [1.82, 2.24) is 14.9 Å². The van der Waals surface area contributed by atoms with Gasteiger partial charge in [0.15, 0.2) is 0 Å². The molecule has 4 heteroatoms. The van der Waals surface area contributed by atoms with E-state index in [1.165, 1.54) is 6.42 Å². The first-order chi connectivity index (χ1) is 10.1. The number of aromatic nitrogens is 2. The molecule has 21 heavy (non-hydrogen) atoms. The highest BCUT2D eigenvalue weighted by molar-refractivity contribution is 5.77.